The fourth-order valence-electron chi connectivity index (χ4n) is 0.987. The lowest BCUT2D eigenvalue weighted by molar-refractivity contribution is -0.146. The molecule has 0 saturated carbocycles. The van der Waals surface area contributed by atoms with Gasteiger partial charge in [0.2, 0.25) is 11.0 Å². The number of carbonyl (C=O) groups excluding carboxylic acids is 3. The summed E-state index contributed by atoms with van der Waals surface area (Å²) in [6, 6.07) is -0.800. The minimum absolute atomic E-state index is 0.109. The molecule has 0 aliphatic heterocycles. The van der Waals surface area contributed by atoms with E-state index in [4.69, 9.17) is 4.74 Å². The average molecular weight is 340 g/mol. The summed E-state index contributed by atoms with van der Waals surface area (Å²) in [7, 11) is 0. The molecule has 0 aromatic carbocycles. The monoisotopic (exact) mass is 339 g/mol. The van der Waals surface area contributed by atoms with E-state index in [1.165, 1.54) is 6.92 Å². The van der Waals surface area contributed by atoms with E-state index in [0.717, 1.165) is 11.8 Å². The number of hydrogen-bond donors (Lipinski definition) is 1. The van der Waals surface area contributed by atoms with Gasteiger partial charge in [0.05, 0.1) is 10.9 Å². The molecule has 0 rings (SSSR count). The second kappa shape index (κ2) is 7.78. The summed E-state index contributed by atoms with van der Waals surface area (Å²) in [5.41, 5.74) is 0. The molecule has 0 aliphatic carbocycles. The molecule has 1 atom stereocenters. The Morgan fingerprint density at radius 3 is 2.33 bits per heavy atom. The maximum Gasteiger partial charge on any atom is 0.329 e. The zero-order chi connectivity index (χ0) is 14.3. The van der Waals surface area contributed by atoms with Crippen molar-refractivity contribution in [3.63, 3.8) is 0 Å². The van der Waals surface area contributed by atoms with Crippen molar-refractivity contribution in [2.75, 3.05) is 12.4 Å². The lowest BCUT2D eigenvalue weighted by Gasteiger charge is -2.18. The Balaban J connectivity index is 4.47. The van der Waals surface area contributed by atoms with E-state index in [9.17, 15) is 14.4 Å². The molecule has 0 aromatic heterocycles. The second-order valence-corrected chi connectivity index (χ2v) is 7.05. The summed E-state index contributed by atoms with van der Waals surface area (Å²) in [5, 5.41) is 2.36. The number of carbonyl (C=O) groups is 3. The van der Waals surface area contributed by atoms with E-state index in [1.54, 1.807) is 20.8 Å². The third kappa shape index (κ3) is 7.00. The number of ether oxygens (including phenoxy) is 1. The van der Waals surface area contributed by atoms with Gasteiger partial charge in [-0.15, -0.1) is 0 Å². The van der Waals surface area contributed by atoms with Gasteiger partial charge in [-0.1, -0.05) is 27.7 Å². The zero-order valence-electron chi connectivity index (χ0n) is 10.9. The van der Waals surface area contributed by atoms with E-state index >= 15 is 0 Å². The molecule has 0 bridgehead atoms. The molecular weight excluding hydrogens is 322 g/mol. The summed E-state index contributed by atoms with van der Waals surface area (Å²) >= 11 is 4.23. The maximum absolute atomic E-state index is 11.7. The van der Waals surface area contributed by atoms with E-state index in [1.807, 2.05) is 0 Å². The van der Waals surface area contributed by atoms with Gasteiger partial charge in [0, 0.05) is 12.7 Å². The Hall–Kier alpha value is -0.560. The summed E-state index contributed by atoms with van der Waals surface area (Å²) in [6.07, 6.45) is 0. The van der Waals surface area contributed by atoms with Crippen LogP contribution in [0.1, 0.15) is 27.7 Å². The highest BCUT2D eigenvalue weighted by atomic mass is 79.9. The first kappa shape index (κ1) is 17.4. The van der Waals surface area contributed by atoms with E-state index < -0.39 is 16.3 Å². The van der Waals surface area contributed by atoms with Crippen LogP contribution in [0.4, 0.5) is 0 Å². The number of hydrogen-bond acceptors (Lipinski definition) is 5. The summed E-state index contributed by atoms with van der Waals surface area (Å²) in [5.74, 6) is -0.702. The molecule has 104 valence electrons. The van der Waals surface area contributed by atoms with Crippen LogP contribution in [0.3, 0.4) is 0 Å². The largest absolute Gasteiger partial charge is 0.464 e. The molecular formula is C11H18BrNO4S. The first-order valence-corrected chi connectivity index (χ1v) is 7.26. The van der Waals surface area contributed by atoms with Crippen molar-refractivity contribution in [3.05, 3.63) is 0 Å². The Morgan fingerprint density at radius 1 is 1.39 bits per heavy atom. The molecule has 5 nitrogen and oxygen atoms in total. The minimum Gasteiger partial charge on any atom is -0.464 e. The molecule has 18 heavy (non-hydrogen) atoms. The number of rotatable bonds is 6. The summed E-state index contributed by atoms with van der Waals surface area (Å²) in [4.78, 5) is 34.2. The molecule has 0 aromatic rings. The van der Waals surface area contributed by atoms with Gasteiger partial charge >= 0.3 is 5.97 Å². The smallest absolute Gasteiger partial charge is 0.329 e. The van der Waals surface area contributed by atoms with Gasteiger partial charge in [-0.05, 0) is 20.8 Å². The van der Waals surface area contributed by atoms with Crippen molar-refractivity contribution in [1.29, 1.82) is 0 Å². The summed E-state index contributed by atoms with van der Waals surface area (Å²) < 4.78 is 4.17. The number of thioether (sulfide) groups is 1. The number of nitrogens with one attached hydrogen (secondary N) is 1. The van der Waals surface area contributed by atoms with Crippen molar-refractivity contribution >= 4 is 44.7 Å². The molecule has 0 heterocycles. The fourth-order valence-corrected chi connectivity index (χ4v) is 2.21. The standard InChI is InChI=1S/C11H18BrNO4S/c1-5-17-9(15)8(13-7(2)14)6-18-10(16)11(3,4)12/h8H,5-6H2,1-4H3,(H,13,14)/t8-/m0/s1. The van der Waals surface area contributed by atoms with Crippen LogP contribution in [0.2, 0.25) is 0 Å². The molecule has 0 radical (unpaired) electrons. The fraction of sp³-hybridized carbons (Fsp3) is 0.727. The van der Waals surface area contributed by atoms with Crippen LogP contribution in [-0.2, 0) is 19.1 Å². The van der Waals surface area contributed by atoms with Crippen LogP contribution < -0.4 is 5.32 Å². The first-order valence-electron chi connectivity index (χ1n) is 5.48. The minimum atomic E-state index is -0.800. The molecule has 0 fully saturated rings. The van der Waals surface area contributed by atoms with Crippen LogP contribution >= 0.6 is 27.7 Å². The van der Waals surface area contributed by atoms with E-state index in [2.05, 4.69) is 21.2 Å². The average Bonchev–Trinajstić information content (AvgIpc) is 2.22. The van der Waals surface area contributed by atoms with Crippen molar-refractivity contribution in [1.82, 2.24) is 5.32 Å². The van der Waals surface area contributed by atoms with Crippen LogP contribution in [0.5, 0.6) is 0 Å². The molecule has 0 unspecified atom stereocenters. The van der Waals surface area contributed by atoms with Gasteiger partial charge in [-0.2, -0.15) is 0 Å². The second-order valence-electron chi connectivity index (χ2n) is 4.08. The topological polar surface area (TPSA) is 72.5 Å². The third-order valence-electron chi connectivity index (χ3n) is 1.82. The van der Waals surface area contributed by atoms with Gasteiger partial charge in [0.15, 0.2) is 0 Å². The van der Waals surface area contributed by atoms with Crippen LogP contribution in [0.15, 0.2) is 0 Å². The van der Waals surface area contributed by atoms with Crippen molar-refractivity contribution < 1.29 is 19.1 Å². The molecule has 0 saturated heterocycles. The van der Waals surface area contributed by atoms with Crippen molar-refractivity contribution in [2.24, 2.45) is 0 Å². The van der Waals surface area contributed by atoms with Gasteiger partial charge in [-0.3, -0.25) is 9.59 Å². The highest BCUT2D eigenvalue weighted by Gasteiger charge is 2.28. The zero-order valence-corrected chi connectivity index (χ0v) is 13.3. The molecule has 7 heteroatoms. The number of amides is 1. The summed E-state index contributed by atoms with van der Waals surface area (Å²) in [6.45, 7) is 6.67. The highest BCUT2D eigenvalue weighted by Crippen LogP contribution is 2.24. The molecule has 0 spiro atoms. The van der Waals surface area contributed by atoms with Gasteiger partial charge in [-0.25, -0.2) is 4.79 Å². The normalized spacial score (nSPS) is 12.7. The molecule has 1 N–H and O–H groups in total. The van der Waals surface area contributed by atoms with Crippen molar-refractivity contribution in [3.8, 4) is 0 Å². The molecule has 0 aliphatic rings. The van der Waals surface area contributed by atoms with Crippen LogP contribution in [0, 0.1) is 0 Å². The number of halogens is 1. The third-order valence-corrected chi connectivity index (χ3v) is 3.71. The maximum atomic E-state index is 11.7. The van der Waals surface area contributed by atoms with Crippen LogP contribution in [0.25, 0.3) is 0 Å². The van der Waals surface area contributed by atoms with Gasteiger partial charge < -0.3 is 10.1 Å². The van der Waals surface area contributed by atoms with Gasteiger partial charge in [0.1, 0.15) is 6.04 Å². The molecule has 1 amide bonds. The number of alkyl halides is 1. The predicted molar refractivity (Wildman–Crippen MR) is 74.7 cm³/mol. The van der Waals surface area contributed by atoms with E-state index in [0.29, 0.717) is 0 Å². The van der Waals surface area contributed by atoms with Crippen molar-refractivity contribution in [2.45, 2.75) is 38.1 Å². The Morgan fingerprint density at radius 2 is 1.94 bits per heavy atom. The first-order chi connectivity index (χ1) is 8.18. The predicted octanol–water partition coefficient (Wildman–Crippen LogP) is 1.49. The van der Waals surface area contributed by atoms with E-state index in [-0.39, 0.29) is 23.4 Å². The highest BCUT2D eigenvalue weighted by molar-refractivity contribution is 9.10. The van der Waals surface area contributed by atoms with Crippen LogP contribution in [-0.4, -0.2) is 39.7 Å². The Kier molecular flexibility index (Phi) is 7.54. The Bertz CT molecular complexity index is 327. The lowest BCUT2D eigenvalue weighted by atomic mass is 10.2. The Labute approximate surface area is 120 Å². The SMILES string of the molecule is CCOC(=O)[C@H](CSC(=O)C(C)(C)Br)NC(C)=O. The lowest BCUT2D eigenvalue weighted by Crippen LogP contribution is -2.43. The van der Waals surface area contributed by atoms with Gasteiger partial charge in [0.25, 0.3) is 0 Å². The number of esters is 1. The quantitative estimate of drug-likeness (QED) is 0.586.